The standard InChI is InChI=1S/C8H5N3OS/c12-13-2-1-6-7-5(4-10-11-7)3-9-8(6)13/h1,3-4H,2H2. The predicted molar refractivity (Wildman–Crippen MR) is 48.4 cm³/mol. The van der Waals surface area contributed by atoms with Crippen molar-refractivity contribution in [3.05, 3.63) is 22.3 Å². The van der Waals surface area contributed by atoms with Crippen molar-refractivity contribution in [2.75, 3.05) is 5.75 Å². The van der Waals surface area contributed by atoms with Crippen LogP contribution in [0, 0.1) is 0 Å². The lowest BCUT2D eigenvalue weighted by molar-refractivity contribution is 0.683. The first-order valence-electron chi connectivity index (χ1n) is 3.85. The van der Waals surface area contributed by atoms with Gasteiger partial charge in [-0.05, 0) is 0 Å². The minimum atomic E-state index is -0.972. The summed E-state index contributed by atoms with van der Waals surface area (Å²) in [6, 6.07) is 0. The highest BCUT2D eigenvalue weighted by Crippen LogP contribution is 2.02. The van der Waals surface area contributed by atoms with Crippen LogP contribution in [0.3, 0.4) is 0 Å². The normalized spacial score (nSPS) is 22.0. The maximum atomic E-state index is 11.4. The van der Waals surface area contributed by atoms with Gasteiger partial charge >= 0.3 is 0 Å². The molecule has 4 nitrogen and oxygen atoms in total. The van der Waals surface area contributed by atoms with Gasteiger partial charge in [-0.2, -0.15) is 5.10 Å². The molecule has 0 radical (unpaired) electrons. The lowest BCUT2D eigenvalue weighted by Crippen LogP contribution is -2.29. The van der Waals surface area contributed by atoms with Crippen molar-refractivity contribution in [3.63, 3.8) is 0 Å². The van der Waals surface area contributed by atoms with Crippen LogP contribution in [0.1, 0.15) is 5.56 Å². The van der Waals surface area contributed by atoms with Gasteiger partial charge in [-0.25, -0.2) is 4.98 Å². The molecule has 2 aliphatic heterocycles. The predicted octanol–water partition coefficient (Wildman–Crippen LogP) is -1.05. The largest absolute Gasteiger partial charge is 0.252 e. The van der Waals surface area contributed by atoms with Crippen LogP contribution in [0.15, 0.2) is 21.4 Å². The fourth-order valence-electron chi connectivity index (χ4n) is 1.47. The molecule has 0 N–H and O–H groups in total. The maximum absolute atomic E-state index is 11.4. The summed E-state index contributed by atoms with van der Waals surface area (Å²) >= 11 is 0. The van der Waals surface area contributed by atoms with Gasteiger partial charge in [0.25, 0.3) is 0 Å². The summed E-state index contributed by atoms with van der Waals surface area (Å²) < 4.78 is 11.4. The Morgan fingerprint density at radius 2 is 2.38 bits per heavy atom. The molecule has 3 rings (SSSR count). The molecule has 5 heteroatoms. The fourth-order valence-corrected chi connectivity index (χ4v) is 2.55. The van der Waals surface area contributed by atoms with Crippen LogP contribution in [0.2, 0.25) is 0 Å². The first-order valence-corrected chi connectivity index (χ1v) is 5.17. The molecule has 0 spiro atoms. The molecule has 3 heterocycles. The smallest absolute Gasteiger partial charge is 0.136 e. The van der Waals surface area contributed by atoms with E-state index >= 15 is 0 Å². The quantitative estimate of drug-likeness (QED) is 0.525. The van der Waals surface area contributed by atoms with E-state index in [4.69, 9.17) is 0 Å². The summed E-state index contributed by atoms with van der Waals surface area (Å²) in [5.41, 5.74) is 0.911. The van der Waals surface area contributed by atoms with Crippen LogP contribution in [-0.2, 0) is 10.8 Å². The molecule has 2 aliphatic rings. The van der Waals surface area contributed by atoms with E-state index in [1.165, 1.54) is 0 Å². The molecule has 0 fully saturated rings. The number of aromatic nitrogens is 1. The Balaban J connectivity index is 2.53. The Morgan fingerprint density at radius 3 is 3.31 bits per heavy atom. The third kappa shape index (κ3) is 0.846. The Labute approximate surface area is 76.2 Å². The van der Waals surface area contributed by atoms with E-state index in [9.17, 15) is 4.21 Å². The van der Waals surface area contributed by atoms with E-state index in [0.29, 0.717) is 10.8 Å². The van der Waals surface area contributed by atoms with E-state index in [-0.39, 0.29) is 0 Å². The summed E-state index contributed by atoms with van der Waals surface area (Å²) in [5.74, 6) is 0.550. The van der Waals surface area contributed by atoms with Crippen molar-refractivity contribution in [3.8, 4) is 0 Å². The molecule has 0 bridgehead atoms. The Kier molecular flexibility index (Phi) is 1.26. The minimum absolute atomic E-state index is 0.550. The highest BCUT2D eigenvalue weighted by atomic mass is 32.2. The third-order valence-corrected chi connectivity index (χ3v) is 3.31. The zero-order chi connectivity index (χ0) is 8.84. The highest BCUT2D eigenvalue weighted by Gasteiger charge is 2.16. The van der Waals surface area contributed by atoms with Crippen molar-refractivity contribution in [2.24, 2.45) is 10.2 Å². The first kappa shape index (κ1) is 7.08. The van der Waals surface area contributed by atoms with Crippen LogP contribution in [-0.4, -0.2) is 21.2 Å². The van der Waals surface area contributed by atoms with Crippen LogP contribution >= 0.6 is 0 Å². The topological polar surface area (TPSA) is 54.7 Å². The zero-order valence-electron chi connectivity index (χ0n) is 6.60. The molecule has 64 valence electrons. The van der Waals surface area contributed by atoms with Crippen LogP contribution in [0.25, 0.3) is 6.08 Å². The first-order chi connectivity index (χ1) is 6.36. The Morgan fingerprint density at radius 1 is 1.46 bits per heavy atom. The van der Waals surface area contributed by atoms with Gasteiger partial charge in [0.1, 0.15) is 10.4 Å². The molecule has 0 saturated carbocycles. The van der Waals surface area contributed by atoms with Crippen LogP contribution in [0.4, 0.5) is 0 Å². The molecule has 1 aromatic rings. The number of fused-ring (bicyclic) bond motifs is 3. The zero-order valence-corrected chi connectivity index (χ0v) is 7.41. The summed E-state index contributed by atoms with van der Waals surface area (Å²) in [6.07, 6.45) is 5.25. The summed E-state index contributed by atoms with van der Waals surface area (Å²) in [5, 5.41) is 10.1. The van der Waals surface area contributed by atoms with E-state index in [2.05, 4.69) is 15.2 Å². The SMILES string of the molecule is O=S1CC=c2c1ncc1c2=NN=C1. The third-order valence-electron chi connectivity index (χ3n) is 2.09. The van der Waals surface area contributed by atoms with E-state index in [1.807, 2.05) is 6.08 Å². The fraction of sp³-hybridized carbons (Fsp3) is 0.125. The van der Waals surface area contributed by atoms with Crippen LogP contribution < -0.4 is 10.6 Å². The molecule has 1 unspecified atom stereocenters. The number of pyridine rings is 1. The van der Waals surface area contributed by atoms with E-state index in [0.717, 1.165) is 16.1 Å². The van der Waals surface area contributed by atoms with Gasteiger partial charge in [-0.3, -0.25) is 4.21 Å². The number of hydrogen-bond acceptors (Lipinski definition) is 4. The second kappa shape index (κ2) is 2.32. The van der Waals surface area contributed by atoms with Gasteiger partial charge in [0.05, 0.1) is 17.0 Å². The second-order valence-corrected chi connectivity index (χ2v) is 4.25. The van der Waals surface area contributed by atoms with Crippen molar-refractivity contribution in [1.82, 2.24) is 4.98 Å². The number of hydrogen-bond donors (Lipinski definition) is 0. The average Bonchev–Trinajstić information content (AvgIpc) is 2.70. The van der Waals surface area contributed by atoms with Gasteiger partial charge in [0.2, 0.25) is 0 Å². The number of nitrogens with zero attached hydrogens (tertiary/aromatic N) is 3. The lowest BCUT2D eigenvalue weighted by atomic mass is 10.2. The van der Waals surface area contributed by atoms with E-state index in [1.54, 1.807) is 12.4 Å². The Hall–Kier alpha value is -1.36. The van der Waals surface area contributed by atoms with Crippen molar-refractivity contribution in [2.45, 2.75) is 5.03 Å². The highest BCUT2D eigenvalue weighted by molar-refractivity contribution is 7.85. The van der Waals surface area contributed by atoms with Gasteiger partial charge in [-0.15, -0.1) is 5.10 Å². The molecular formula is C8H5N3OS. The minimum Gasteiger partial charge on any atom is -0.252 e. The van der Waals surface area contributed by atoms with Crippen molar-refractivity contribution >= 4 is 23.1 Å². The molecule has 1 atom stereocenters. The molecule has 0 aromatic carbocycles. The van der Waals surface area contributed by atoms with Crippen molar-refractivity contribution in [1.29, 1.82) is 0 Å². The summed E-state index contributed by atoms with van der Waals surface area (Å²) in [6.45, 7) is 0. The molecule has 0 aliphatic carbocycles. The molecule has 0 amide bonds. The van der Waals surface area contributed by atoms with Gasteiger partial charge in [0.15, 0.2) is 0 Å². The monoisotopic (exact) mass is 191 g/mol. The van der Waals surface area contributed by atoms with Gasteiger partial charge < -0.3 is 0 Å². The van der Waals surface area contributed by atoms with Gasteiger partial charge in [0, 0.05) is 22.7 Å². The molecule has 13 heavy (non-hydrogen) atoms. The second-order valence-electron chi connectivity index (χ2n) is 2.84. The lowest BCUT2D eigenvalue weighted by Gasteiger charge is -1.92. The summed E-state index contributed by atoms with van der Waals surface area (Å²) in [7, 11) is -0.972. The molecular weight excluding hydrogens is 186 g/mol. The van der Waals surface area contributed by atoms with E-state index < -0.39 is 10.8 Å². The van der Waals surface area contributed by atoms with Gasteiger partial charge in [-0.1, -0.05) is 6.08 Å². The van der Waals surface area contributed by atoms with Crippen LogP contribution in [0.5, 0.6) is 0 Å². The van der Waals surface area contributed by atoms with Crippen molar-refractivity contribution < 1.29 is 4.21 Å². The number of rotatable bonds is 0. The maximum Gasteiger partial charge on any atom is 0.136 e. The molecule has 1 aromatic heterocycles. The average molecular weight is 191 g/mol. The molecule has 0 saturated heterocycles. The summed E-state index contributed by atoms with van der Waals surface area (Å²) in [4.78, 5) is 4.13. The Bertz CT molecular complexity index is 561.